The quantitative estimate of drug-likeness (QED) is 0.394. The third-order valence-corrected chi connectivity index (χ3v) is 8.57. The van der Waals surface area contributed by atoms with E-state index < -0.39 is 7.14 Å². The molecule has 2 heteroatoms. The summed E-state index contributed by atoms with van der Waals surface area (Å²) in [7, 11) is -3.01. The van der Waals surface area contributed by atoms with E-state index in [1.165, 1.54) is 10.8 Å². The average Bonchev–Trinajstić information content (AvgIpc) is 3.29. The van der Waals surface area contributed by atoms with Crippen LogP contribution < -0.4 is 10.6 Å². The second kappa shape index (κ2) is 7.65. The molecular formula is C27H20OP. The van der Waals surface area contributed by atoms with Crippen molar-refractivity contribution in [2.75, 3.05) is 0 Å². The summed E-state index contributed by atoms with van der Waals surface area (Å²) >= 11 is 0. The predicted molar refractivity (Wildman–Crippen MR) is 122 cm³/mol. The lowest BCUT2D eigenvalue weighted by Gasteiger charge is -2.30. The molecule has 0 unspecified atom stereocenters. The Labute approximate surface area is 172 Å². The van der Waals surface area contributed by atoms with Crippen LogP contribution in [-0.2, 0) is 4.57 Å². The minimum Gasteiger partial charge on any atom is -0.313 e. The molecule has 0 aliphatic heterocycles. The predicted octanol–water partition coefficient (Wildman–Crippen LogP) is 5.93. The molecule has 1 fully saturated rings. The number of benzene rings is 4. The molecule has 1 aliphatic carbocycles. The fraction of sp³-hybridized carbons (Fsp3) is 0. The number of rotatable bonds is 4. The van der Waals surface area contributed by atoms with Gasteiger partial charge in [0.2, 0.25) is 0 Å². The van der Waals surface area contributed by atoms with Crippen molar-refractivity contribution in [1.29, 1.82) is 0 Å². The highest BCUT2D eigenvalue weighted by Crippen LogP contribution is 2.63. The molecule has 0 heterocycles. The summed E-state index contributed by atoms with van der Waals surface area (Å²) in [6, 6.07) is 34.4. The lowest BCUT2D eigenvalue weighted by Crippen LogP contribution is -2.23. The fourth-order valence-corrected chi connectivity index (χ4v) is 6.95. The SMILES string of the molecule is O=P([C]1[CH][CH][CH][C]1c1cccc2ccccc12)(c1ccccc1)c1ccccc1. The normalized spacial score (nSPS) is 15.7. The van der Waals surface area contributed by atoms with Crippen molar-refractivity contribution >= 4 is 28.5 Å². The lowest BCUT2D eigenvalue weighted by atomic mass is 9.92. The van der Waals surface area contributed by atoms with Crippen molar-refractivity contribution < 1.29 is 4.57 Å². The highest BCUT2D eigenvalue weighted by Gasteiger charge is 2.46. The Morgan fingerprint density at radius 3 is 1.83 bits per heavy atom. The van der Waals surface area contributed by atoms with E-state index in [9.17, 15) is 4.57 Å². The van der Waals surface area contributed by atoms with Crippen LogP contribution in [-0.4, -0.2) is 0 Å². The minimum atomic E-state index is -3.01. The van der Waals surface area contributed by atoms with Gasteiger partial charge >= 0.3 is 0 Å². The third kappa shape index (κ3) is 3.15. The van der Waals surface area contributed by atoms with E-state index in [4.69, 9.17) is 0 Å². The van der Waals surface area contributed by atoms with Gasteiger partial charge in [-0.2, -0.15) is 0 Å². The number of fused-ring (bicyclic) bond motifs is 1. The molecule has 0 aromatic heterocycles. The first-order valence-corrected chi connectivity index (χ1v) is 11.4. The van der Waals surface area contributed by atoms with E-state index in [1.807, 2.05) is 73.5 Å². The van der Waals surface area contributed by atoms with Gasteiger partial charge in [0, 0.05) is 16.5 Å². The van der Waals surface area contributed by atoms with Gasteiger partial charge in [0.1, 0.15) is 0 Å². The molecule has 1 aliphatic rings. The van der Waals surface area contributed by atoms with Crippen LogP contribution in [0.2, 0.25) is 0 Å². The topological polar surface area (TPSA) is 17.1 Å². The van der Waals surface area contributed by atoms with Crippen molar-refractivity contribution in [2.24, 2.45) is 0 Å². The van der Waals surface area contributed by atoms with Crippen LogP contribution in [0, 0.1) is 30.8 Å². The molecule has 0 spiro atoms. The molecule has 1 saturated carbocycles. The highest BCUT2D eigenvalue weighted by atomic mass is 31.2. The molecule has 0 saturated heterocycles. The van der Waals surface area contributed by atoms with Gasteiger partial charge in [-0.1, -0.05) is 103 Å². The highest BCUT2D eigenvalue weighted by molar-refractivity contribution is 7.81. The number of hydrogen-bond donors (Lipinski definition) is 0. The van der Waals surface area contributed by atoms with Crippen LogP contribution in [0.4, 0.5) is 0 Å². The summed E-state index contributed by atoms with van der Waals surface area (Å²) in [6.07, 6.45) is 6.14. The third-order valence-electron chi connectivity index (χ3n) is 5.45. The zero-order valence-corrected chi connectivity index (χ0v) is 16.8. The Morgan fingerprint density at radius 1 is 0.552 bits per heavy atom. The van der Waals surface area contributed by atoms with Crippen LogP contribution in [0.5, 0.6) is 0 Å². The Kier molecular flexibility index (Phi) is 4.86. The van der Waals surface area contributed by atoms with Gasteiger partial charge in [0.25, 0.3) is 0 Å². The Bertz CT molecular complexity index is 1120. The molecule has 0 amide bonds. The van der Waals surface area contributed by atoms with Gasteiger partial charge in [0.15, 0.2) is 7.14 Å². The summed E-state index contributed by atoms with van der Waals surface area (Å²) in [4.78, 5) is 0. The maximum atomic E-state index is 14.8. The molecule has 0 bridgehead atoms. The first kappa shape index (κ1) is 18.4. The van der Waals surface area contributed by atoms with Gasteiger partial charge in [0.05, 0.1) is 5.66 Å². The first-order chi connectivity index (χ1) is 14.3. The van der Waals surface area contributed by atoms with Crippen LogP contribution in [0.15, 0.2) is 103 Å². The molecule has 5 radical (unpaired) electrons. The van der Waals surface area contributed by atoms with Gasteiger partial charge < -0.3 is 4.57 Å². The van der Waals surface area contributed by atoms with Crippen molar-refractivity contribution in [3.8, 4) is 0 Å². The molecule has 139 valence electrons. The summed E-state index contributed by atoms with van der Waals surface area (Å²) in [5, 5.41) is 4.08. The van der Waals surface area contributed by atoms with Crippen LogP contribution in [0.25, 0.3) is 10.8 Å². The standard InChI is InChI=1S/C27H20OP/c28-29(22-13-3-1-4-14-22,23-15-5-2-6-16-23)27-20-10-19-26(27)25-18-9-12-21-11-7-8-17-24(21)25/h1-20H. The van der Waals surface area contributed by atoms with E-state index in [1.54, 1.807) is 0 Å². The zero-order chi connectivity index (χ0) is 19.7. The van der Waals surface area contributed by atoms with Crippen molar-refractivity contribution in [1.82, 2.24) is 0 Å². The van der Waals surface area contributed by atoms with Crippen LogP contribution in [0.3, 0.4) is 0 Å². The Hall–Kier alpha value is -2.63. The molecule has 0 N–H and O–H groups in total. The summed E-state index contributed by atoms with van der Waals surface area (Å²) in [5.41, 5.74) is 2.02. The van der Waals surface area contributed by atoms with E-state index >= 15 is 0 Å². The average molecular weight is 391 g/mol. The largest absolute Gasteiger partial charge is 0.313 e. The van der Waals surface area contributed by atoms with E-state index in [0.717, 1.165) is 27.7 Å². The molecule has 4 aromatic carbocycles. The van der Waals surface area contributed by atoms with Gasteiger partial charge in [-0.05, 0) is 35.6 Å². The lowest BCUT2D eigenvalue weighted by molar-refractivity contribution is 0.588. The summed E-state index contributed by atoms with van der Waals surface area (Å²) in [5.74, 6) is 1.04. The van der Waals surface area contributed by atoms with Crippen LogP contribution in [0.1, 0.15) is 5.56 Å². The number of hydrogen-bond acceptors (Lipinski definition) is 1. The van der Waals surface area contributed by atoms with Crippen molar-refractivity contribution in [3.05, 3.63) is 140 Å². The summed E-state index contributed by atoms with van der Waals surface area (Å²) in [6.45, 7) is 0. The minimum absolute atomic E-state index is 0.860. The molecular weight excluding hydrogens is 371 g/mol. The van der Waals surface area contributed by atoms with Gasteiger partial charge in [-0.3, -0.25) is 0 Å². The fourth-order valence-electron chi connectivity index (χ4n) is 4.08. The van der Waals surface area contributed by atoms with Gasteiger partial charge in [-0.15, -0.1) is 0 Å². The Balaban J connectivity index is 1.69. The second-order valence-electron chi connectivity index (χ2n) is 7.13. The van der Waals surface area contributed by atoms with E-state index in [2.05, 4.69) is 48.9 Å². The van der Waals surface area contributed by atoms with Crippen LogP contribution >= 0.6 is 7.14 Å². The Morgan fingerprint density at radius 2 is 1.14 bits per heavy atom. The van der Waals surface area contributed by atoms with Crippen molar-refractivity contribution in [2.45, 2.75) is 0 Å². The molecule has 29 heavy (non-hydrogen) atoms. The molecule has 5 rings (SSSR count). The molecule has 1 nitrogen and oxygen atoms in total. The molecule has 4 aromatic rings. The monoisotopic (exact) mass is 391 g/mol. The smallest absolute Gasteiger partial charge is 0.151 e. The second-order valence-corrected chi connectivity index (χ2v) is 9.86. The summed E-state index contributed by atoms with van der Waals surface area (Å²) < 4.78 is 14.8. The molecule has 0 atom stereocenters. The zero-order valence-electron chi connectivity index (χ0n) is 15.9. The van der Waals surface area contributed by atoms with Gasteiger partial charge in [-0.25, -0.2) is 0 Å². The maximum Gasteiger partial charge on any atom is 0.151 e. The maximum absolute atomic E-state index is 14.8. The van der Waals surface area contributed by atoms with E-state index in [-0.39, 0.29) is 0 Å². The van der Waals surface area contributed by atoms with Crippen molar-refractivity contribution in [3.63, 3.8) is 0 Å². The first-order valence-electron chi connectivity index (χ1n) is 9.74. The van der Waals surface area contributed by atoms with E-state index in [0.29, 0.717) is 0 Å².